The fraction of sp³-hybridized carbons (Fsp3) is 0.545. The molecule has 178 valence electrons. The summed E-state index contributed by atoms with van der Waals surface area (Å²) in [7, 11) is -3.33. The van der Waals surface area contributed by atoms with E-state index in [9.17, 15) is 13.2 Å². The van der Waals surface area contributed by atoms with Gasteiger partial charge in [0, 0.05) is 32.0 Å². The third-order valence-electron chi connectivity index (χ3n) is 5.54. The number of nitrogens with zero attached hydrogens (tertiary/aromatic N) is 4. The highest BCUT2D eigenvalue weighted by atomic mass is 32.2. The van der Waals surface area contributed by atoms with Crippen LogP contribution in [0.5, 0.6) is 5.88 Å². The Morgan fingerprint density at radius 3 is 2.52 bits per heavy atom. The van der Waals surface area contributed by atoms with E-state index < -0.39 is 9.84 Å². The topological polar surface area (TPSA) is 124 Å². The maximum atomic E-state index is 12.4. The Balaban J connectivity index is 1.35. The summed E-state index contributed by atoms with van der Waals surface area (Å²) in [6.45, 7) is 6.54. The second kappa shape index (κ2) is 9.50. The number of aromatic nitrogens is 3. The fourth-order valence-electron chi connectivity index (χ4n) is 3.59. The van der Waals surface area contributed by atoms with Crippen molar-refractivity contribution in [2.45, 2.75) is 68.9 Å². The zero-order valence-electron chi connectivity index (χ0n) is 19.0. The smallest absolute Gasteiger partial charge is 0.410 e. The average Bonchev–Trinajstić information content (AvgIpc) is 3.61. The Bertz CT molecular complexity index is 1110. The summed E-state index contributed by atoms with van der Waals surface area (Å²) in [4.78, 5) is 26.4. The number of piperidine rings is 1. The van der Waals surface area contributed by atoms with E-state index >= 15 is 0 Å². The number of anilines is 2. The molecule has 1 aliphatic heterocycles. The second-order valence-corrected chi connectivity index (χ2v) is 10.8. The summed E-state index contributed by atoms with van der Waals surface area (Å²) in [5.41, 5.74) is 1.23. The van der Waals surface area contributed by atoms with Crippen molar-refractivity contribution in [2.75, 3.05) is 18.4 Å². The maximum Gasteiger partial charge on any atom is 0.410 e. The van der Waals surface area contributed by atoms with Crippen molar-refractivity contribution in [1.29, 1.82) is 0 Å². The zero-order chi connectivity index (χ0) is 23.6. The van der Waals surface area contributed by atoms with Gasteiger partial charge < -0.3 is 19.7 Å². The first kappa shape index (κ1) is 23.2. The van der Waals surface area contributed by atoms with E-state index in [1.807, 2.05) is 13.8 Å². The Labute approximate surface area is 193 Å². The van der Waals surface area contributed by atoms with Crippen LogP contribution in [-0.2, 0) is 14.6 Å². The standard InChI is InChI=1S/C22H29N5O5S/c1-14(2)31-22(28)27-10-8-16(9-11-27)32-20-12-19(23-13-24-20)26-18-6-7-21(25-15(18)3)33(29,30)17-4-5-17/h6-7,12-14,16-17H,4-5,8-11H2,1-3H3,(H,23,24,26). The van der Waals surface area contributed by atoms with Gasteiger partial charge in [-0.2, -0.15) is 0 Å². The molecule has 1 aliphatic carbocycles. The normalized spacial score (nSPS) is 17.2. The molecule has 2 aliphatic rings. The Hall–Kier alpha value is -2.95. The average molecular weight is 476 g/mol. The van der Waals surface area contributed by atoms with Gasteiger partial charge in [0.05, 0.1) is 22.7 Å². The molecule has 3 heterocycles. The molecule has 0 aromatic carbocycles. The first-order chi connectivity index (χ1) is 15.7. The third-order valence-corrected chi connectivity index (χ3v) is 7.70. The van der Waals surface area contributed by atoms with E-state index in [0.29, 0.717) is 61.9 Å². The molecule has 0 unspecified atom stereocenters. The lowest BCUT2D eigenvalue weighted by molar-refractivity contribution is 0.0507. The minimum atomic E-state index is -3.33. The molecule has 2 aromatic heterocycles. The highest BCUT2D eigenvalue weighted by Gasteiger charge is 2.38. The molecular weight excluding hydrogens is 446 g/mol. The number of hydrogen-bond donors (Lipinski definition) is 1. The molecule has 1 saturated heterocycles. The summed E-state index contributed by atoms with van der Waals surface area (Å²) in [5.74, 6) is 0.940. The molecule has 2 fully saturated rings. The van der Waals surface area contributed by atoms with Crippen LogP contribution >= 0.6 is 0 Å². The molecule has 33 heavy (non-hydrogen) atoms. The summed E-state index contributed by atoms with van der Waals surface area (Å²) < 4.78 is 36.1. The predicted molar refractivity (Wildman–Crippen MR) is 121 cm³/mol. The van der Waals surface area contributed by atoms with Crippen LogP contribution in [0.25, 0.3) is 0 Å². The molecule has 1 saturated carbocycles. The maximum absolute atomic E-state index is 12.4. The number of carbonyl (C=O) groups excluding carboxylic acids is 1. The van der Waals surface area contributed by atoms with E-state index in [2.05, 4.69) is 20.3 Å². The number of pyridine rings is 1. The number of sulfone groups is 1. The van der Waals surface area contributed by atoms with Crippen LogP contribution < -0.4 is 10.1 Å². The van der Waals surface area contributed by atoms with Crippen molar-refractivity contribution in [3.05, 3.63) is 30.2 Å². The minimum absolute atomic E-state index is 0.0637. The van der Waals surface area contributed by atoms with Crippen molar-refractivity contribution in [1.82, 2.24) is 19.9 Å². The molecular formula is C22H29N5O5S. The number of ether oxygens (including phenoxy) is 2. The van der Waals surface area contributed by atoms with Crippen LogP contribution in [0.1, 0.15) is 45.2 Å². The van der Waals surface area contributed by atoms with Gasteiger partial charge in [-0.3, -0.25) is 0 Å². The monoisotopic (exact) mass is 475 g/mol. The van der Waals surface area contributed by atoms with Gasteiger partial charge in [-0.05, 0) is 45.7 Å². The molecule has 2 aromatic rings. The summed E-state index contributed by atoms with van der Waals surface area (Å²) in [6.07, 6.45) is 3.67. The van der Waals surface area contributed by atoms with Crippen LogP contribution in [0.4, 0.5) is 16.3 Å². The molecule has 10 nitrogen and oxygen atoms in total. The van der Waals surface area contributed by atoms with Crippen molar-refractivity contribution in [2.24, 2.45) is 0 Å². The molecule has 0 spiro atoms. The van der Waals surface area contributed by atoms with Crippen molar-refractivity contribution in [3.63, 3.8) is 0 Å². The molecule has 1 N–H and O–H groups in total. The van der Waals surface area contributed by atoms with Gasteiger partial charge in [-0.15, -0.1) is 0 Å². The van der Waals surface area contributed by atoms with Crippen molar-refractivity contribution < 1.29 is 22.7 Å². The highest BCUT2D eigenvalue weighted by Crippen LogP contribution is 2.33. The van der Waals surface area contributed by atoms with Gasteiger partial charge in [0.1, 0.15) is 18.2 Å². The van der Waals surface area contributed by atoms with Crippen LogP contribution in [-0.4, -0.2) is 64.9 Å². The molecule has 4 rings (SSSR count). The van der Waals surface area contributed by atoms with Crippen LogP contribution in [0.2, 0.25) is 0 Å². The highest BCUT2D eigenvalue weighted by molar-refractivity contribution is 7.92. The van der Waals surface area contributed by atoms with Crippen LogP contribution in [0.15, 0.2) is 29.6 Å². The quantitative estimate of drug-likeness (QED) is 0.642. The number of aryl methyl sites for hydroxylation is 1. The van der Waals surface area contributed by atoms with E-state index in [4.69, 9.17) is 9.47 Å². The van der Waals surface area contributed by atoms with E-state index in [1.165, 1.54) is 12.4 Å². The molecule has 0 radical (unpaired) electrons. The predicted octanol–water partition coefficient (Wildman–Crippen LogP) is 3.25. The number of hydrogen-bond acceptors (Lipinski definition) is 9. The lowest BCUT2D eigenvalue weighted by Gasteiger charge is -2.31. The van der Waals surface area contributed by atoms with Gasteiger partial charge in [0.2, 0.25) is 5.88 Å². The lowest BCUT2D eigenvalue weighted by atomic mass is 10.1. The number of rotatable bonds is 7. The van der Waals surface area contributed by atoms with Gasteiger partial charge >= 0.3 is 6.09 Å². The van der Waals surface area contributed by atoms with E-state index in [0.717, 1.165) is 0 Å². The Morgan fingerprint density at radius 1 is 1.15 bits per heavy atom. The number of nitrogens with one attached hydrogen (secondary N) is 1. The Kier molecular flexibility index (Phi) is 6.68. The summed E-state index contributed by atoms with van der Waals surface area (Å²) in [5, 5.41) is 2.98. The molecule has 0 bridgehead atoms. The van der Waals surface area contributed by atoms with Crippen molar-refractivity contribution in [3.8, 4) is 5.88 Å². The minimum Gasteiger partial charge on any atom is -0.474 e. The van der Waals surface area contributed by atoms with Crippen LogP contribution in [0.3, 0.4) is 0 Å². The summed E-state index contributed by atoms with van der Waals surface area (Å²) in [6, 6.07) is 4.92. The van der Waals surface area contributed by atoms with Crippen molar-refractivity contribution >= 4 is 27.4 Å². The second-order valence-electron chi connectivity index (χ2n) is 8.63. The largest absolute Gasteiger partial charge is 0.474 e. The van der Waals surface area contributed by atoms with E-state index in [1.54, 1.807) is 24.0 Å². The van der Waals surface area contributed by atoms with Gasteiger partial charge in [0.25, 0.3) is 0 Å². The van der Waals surface area contributed by atoms with Gasteiger partial charge in [-0.25, -0.2) is 28.2 Å². The zero-order valence-corrected chi connectivity index (χ0v) is 19.8. The molecule has 11 heteroatoms. The fourth-order valence-corrected chi connectivity index (χ4v) is 5.21. The lowest BCUT2D eigenvalue weighted by Crippen LogP contribution is -2.42. The first-order valence-corrected chi connectivity index (χ1v) is 12.7. The number of likely N-dealkylation sites (tertiary alicyclic amines) is 1. The Morgan fingerprint density at radius 2 is 1.88 bits per heavy atom. The summed E-state index contributed by atoms with van der Waals surface area (Å²) >= 11 is 0. The SMILES string of the molecule is Cc1nc(S(=O)(=O)C2CC2)ccc1Nc1cc(OC2CCN(C(=O)OC(C)C)CC2)ncn1. The first-order valence-electron chi connectivity index (χ1n) is 11.1. The van der Waals surface area contributed by atoms with Crippen LogP contribution in [0, 0.1) is 6.92 Å². The van der Waals surface area contributed by atoms with Gasteiger partial charge in [0.15, 0.2) is 14.9 Å². The molecule has 0 atom stereocenters. The number of carbonyl (C=O) groups is 1. The molecule has 1 amide bonds. The third kappa shape index (κ3) is 5.70. The van der Waals surface area contributed by atoms with Gasteiger partial charge in [-0.1, -0.05) is 0 Å². The van der Waals surface area contributed by atoms with E-state index in [-0.39, 0.29) is 28.6 Å². The number of amides is 1.